The second kappa shape index (κ2) is 7.58. The maximum absolute atomic E-state index is 13.3. The fourth-order valence-corrected chi connectivity index (χ4v) is 7.33. The van der Waals surface area contributed by atoms with Crippen LogP contribution in [-0.2, 0) is 10.2 Å². The molecule has 2 saturated carbocycles. The van der Waals surface area contributed by atoms with E-state index in [0.717, 1.165) is 31.4 Å². The van der Waals surface area contributed by atoms with E-state index in [4.69, 9.17) is 10.3 Å². The Morgan fingerprint density at radius 3 is 2.53 bits per heavy atom. The van der Waals surface area contributed by atoms with Gasteiger partial charge in [0.1, 0.15) is 5.76 Å². The van der Waals surface area contributed by atoms with Gasteiger partial charge in [0.15, 0.2) is 5.69 Å². The van der Waals surface area contributed by atoms with Crippen molar-refractivity contribution in [2.75, 3.05) is 19.6 Å². The van der Waals surface area contributed by atoms with Crippen LogP contribution in [-0.4, -0.2) is 65.9 Å². The fraction of sp³-hybridized carbons (Fsp3) is 0.800. The summed E-state index contributed by atoms with van der Waals surface area (Å²) in [6, 6.07) is 1.60. The van der Waals surface area contributed by atoms with Gasteiger partial charge in [0.05, 0.1) is 0 Å². The van der Waals surface area contributed by atoms with Crippen molar-refractivity contribution < 1.29 is 17.7 Å². The van der Waals surface area contributed by atoms with Gasteiger partial charge in [0, 0.05) is 49.7 Å². The van der Waals surface area contributed by atoms with Crippen LogP contribution < -0.4 is 11.1 Å². The van der Waals surface area contributed by atoms with Crippen LogP contribution >= 0.6 is 0 Å². The molecule has 5 atom stereocenters. The molecule has 3 heterocycles. The van der Waals surface area contributed by atoms with E-state index >= 15 is 0 Å². The zero-order chi connectivity index (χ0) is 21.0. The van der Waals surface area contributed by atoms with Gasteiger partial charge in [0.2, 0.25) is 0 Å². The number of aromatic nitrogens is 1. The number of nitrogens with zero attached hydrogens (tertiary/aromatic N) is 3. The normalized spacial score (nSPS) is 35.5. The van der Waals surface area contributed by atoms with E-state index in [1.807, 2.05) is 6.92 Å². The number of carbonyl (C=O) groups is 1. The lowest BCUT2D eigenvalue weighted by atomic mass is 9.95. The molecule has 2 bridgehead atoms. The molecule has 5 rings (SSSR count). The second-order valence-corrected chi connectivity index (χ2v) is 11.4. The van der Waals surface area contributed by atoms with E-state index in [1.54, 1.807) is 14.7 Å². The summed E-state index contributed by atoms with van der Waals surface area (Å²) >= 11 is 0. The van der Waals surface area contributed by atoms with Crippen molar-refractivity contribution in [1.82, 2.24) is 19.1 Å². The van der Waals surface area contributed by atoms with Gasteiger partial charge in [-0.05, 0) is 57.3 Å². The van der Waals surface area contributed by atoms with Crippen LogP contribution in [0.25, 0.3) is 0 Å². The molecule has 3 N–H and O–H groups in total. The average molecular weight is 438 g/mol. The molecule has 10 heteroatoms. The highest BCUT2D eigenvalue weighted by molar-refractivity contribution is 7.86. The summed E-state index contributed by atoms with van der Waals surface area (Å²) in [7, 11) is -3.52. The van der Waals surface area contributed by atoms with Gasteiger partial charge in [-0.1, -0.05) is 5.16 Å². The first-order chi connectivity index (χ1) is 14.3. The van der Waals surface area contributed by atoms with Gasteiger partial charge in [-0.2, -0.15) is 17.0 Å². The zero-order valence-electron chi connectivity index (χ0n) is 17.4. The summed E-state index contributed by atoms with van der Waals surface area (Å²) < 4.78 is 35.1. The van der Waals surface area contributed by atoms with Gasteiger partial charge in [-0.15, -0.1) is 0 Å². The molecule has 0 spiro atoms. The third kappa shape index (κ3) is 3.68. The Bertz CT molecular complexity index is 900. The molecule has 1 aromatic heterocycles. The summed E-state index contributed by atoms with van der Waals surface area (Å²) in [4.78, 5) is 12.5. The molecular weight excluding hydrogens is 406 g/mol. The van der Waals surface area contributed by atoms with Crippen LogP contribution in [0.1, 0.15) is 67.6 Å². The first-order valence-electron chi connectivity index (χ1n) is 11.1. The molecule has 2 saturated heterocycles. The number of amides is 1. The minimum atomic E-state index is -3.52. The molecule has 2 aliphatic carbocycles. The summed E-state index contributed by atoms with van der Waals surface area (Å²) in [5.41, 5.74) is 6.55. The molecule has 0 radical (unpaired) electrons. The number of nitrogens with two attached hydrogens (primary N) is 1. The van der Waals surface area contributed by atoms with Crippen LogP contribution in [0.15, 0.2) is 10.6 Å². The molecule has 4 aliphatic rings. The Morgan fingerprint density at radius 2 is 1.90 bits per heavy atom. The molecule has 0 aromatic carbocycles. The molecular formula is C20H31N5O4S. The van der Waals surface area contributed by atoms with Gasteiger partial charge in [-0.25, -0.2) is 0 Å². The predicted molar refractivity (Wildman–Crippen MR) is 110 cm³/mol. The monoisotopic (exact) mass is 437 g/mol. The van der Waals surface area contributed by atoms with Gasteiger partial charge in [-0.3, -0.25) is 4.79 Å². The number of hydrogen-bond acceptors (Lipinski definition) is 6. The Balaban J connectivity index is 1.19. The van der Waals surface area contributed by atoms with Crippen molar-refractivity contribution in [3.8, 4) is 0 Å². The summed E-state index contributed by atoms with van der Waals surface area (Å²) in [5.74, 6) is 1.49. The maximum Gasteiger partial charge on any atom is 0.282 e. The molecule has 1 aromatic rings. The Morgan fingerprint density at radius 1 is 1.20 bits per heavy atom. The van der Waals surface area contributed by atoms with Crippen LogP contribution in [0.5, 0.6) is 0 Å². The van der Waals surface area contributed by atoms with Crippen molar-refractivity contribution in [2.45, 2.75) is 69.5 Å². The summed E-state index contributed by atoms with van der Waals surface area (Å²) in [6.45, 7) is 3.37. The quantitative estimate of drug-likeness (QED) is 0.710. The fourth-order valence-electron chi connectivity index (χ4n) is 5.40. The summed E-state index contributed by atoms with van der Waals surface area (Å²) in [5, 5.41) is 6.90. The third-order valence-corrected chi connectivity index (χ3v) is 9.47. The number of fused-ring (bicyclic) bond motifs is 2. The van der Waals surface area contributed by atoms with Crippen molar-refractivity contribution in [3.63, 3.8) is 0 Å². The first-order valence-corrected chi connectivity index (χ1v) is 12.5. The second-order valence-electron chi connectivity index (χ2n) is 9.54. The van der Waals surface area contributed by atoms with Crippen molar-refractivity contribution >= 4 is 16.1 Å². The highest BCUT2D eigenvalue weighted by atomic mass is 32.2. The van der Waals surface area contributed by atoms with Gasteiger partial charge < -0.3 is 15.6 Å². The SMILES string of the molecule is C[C@H]1C[C@@H](NC(=O)c2cc(C3CC3)on2)CCN1S(=O)(=O)N1C[C@H]2CC[C@@H](C1)C2N. The smallest absolute Gasteiger partial charge is 0.282 e. The minimum Gasteiger partial charge on any atom is -0.360 e. The van der Waals surface area contributed by atoms with Crippen LogP contribution in [0.2, 0.25) is 0 Å². The Labute approximate surface area is 177 Å². The lowest BCUT2D eigenvalue weighted by molar-refractivity contribution is 0.0902. The van der Waals surface area contributed by atoms with Crippen LogP contribution in [0.4, 0.5) is 0 Å². The van der Waals surface area contributed by atoms with Crippen molar-refractivity contribution in [2.24, 2.45) is 17.6 Å². The number of piperidine rings is 2. The average Bonchev–Trinajstić information content (AvgIpc) is 3.40. The van der Waals surface area contributed by atoms with Gasteiger partial charge in [0.25, 0.3) is 16.1 Å². The molecule has 1 amide bonds. The van der Waals surface area contributed by atoms with E-state index in [2.05, 4.69) is 10.5 Å². The molecule has 4 fully saturated rings. The van der Waals surface area contributed by atoms with Crippen LogP contribution in [0, 0.1) is 11.8 Å². The number of rotatable bonds is 5. The predicted octanol–water partition coefficient (Wildman–Crippen LogP) is 1.05. The first kappa shape index (κ1) is 20.4. The van der Waals surface area contributed by atoms with E-state index < -0.39 is 10.2 Å². The molecule has 166 valence electrons. The van der Waals surface area contributed by atoms with E-state index in [0.29, 0.717) is 44.1 Å². The minimum absolute atomic E-state index is 0.0778. The number of nitrogens with one attached hydrogen (secondary N) is 1. The van der Waals surface area contributed by atoms with Crippen molar-refractivity contribution in [3.05, 3.63) is 17.5 Å². The van der Waals surface area contributed by atoms with Crippen molar-refractivity contribution in [1.29, 1.82) is 0 Å². The maximum atomic E-state index is 13.3. The van der Waals surface area contributed by atoms with E-state index in [-0.39, 0.29) is 35.9 Å². The molecule has 2 aliphatic heterocycles. The van der Waals surface area contributed by atoms with E-state index in [1.165, 1.54) is 0 Å². The zero-order valence-corrected chi connectivity index (χ0v) is 18.2. The third-order valence-electron chi connectivity index (χ3n) is 7.39. The van der Waals surface area contributed by atoms with Crippen LogP contribution in [0.3, 0.4) is 0 Å². The molecule has 1 unspecified atom stereocenters. The Kier molecular flexibility index (Phi) is 5.16. The topological polar surface area (TPSA) is 122 Å². The molecule has 9 nitrogen and oxygen atoms in total. The number of hydrogen-bond donors (Lipinski definition) is 2. The molecule has 30 heavy (non-hydrogen) atoms. The highest BCUT2D eigenvalue weighted by Crippen LogP contribution is 2.40. The highest BCUT2D eigenvalue weighted by Gasteiger charge is 2.46. The Hall–Kier alpha value is -1.49. The lowest BCUT2D eigenvalue weighted by Crippen LogP contribution is -2.58. The lowest BCUT2D eigenvalue weighted by Gasteiger charge is -2.42. The number of carbonyl (C=O) groups excluding carboxylic acids is 1. The standard InChI is InChI=1S/C20H31N5O4S/c1-12-8-16(22-20(26)17-9-18(29-23-17)13-2-3-13)6-7-25(12)30(27,28)24-10-14-4-5-15(11-24)19(14)21/h9,12-16,19H,2-8,10-11,21H2,1H3,(H,22,26)/t12-,14-,15+,16-,19?/m0/s1. The van der Waals surface area contributed by atoms with E-state index in [9.17, 15) is 13.2 Å². The summed E-state index contributed by atoms with van der Waals surface area (Å²) in [6.07, 6.45) is 5.38. The largest absolute Gasteiger partial charge is 0.360 e. The van der Waals surface area contributed by atoms with Gasteiger partial charge >= 0.3 is 0 Å².